The van der Waals surface area contributed by atoms with Crippen molar-refractivity contribution >= 4 is 12.0 Å². The molecule has 2 fully saturated rings. The molecule has 1 aliphatic heterocycles. The van der Waals surface area contributed by atoms with Crippen molar-refractivity contribution in [1.82, 2.24) is 9.80 Å². The highest BCUT2D eigenvalue weighted by molar-refractivity contribution is 5.81. The summed E-state index contributed by atoms with van der Waals surface area (Å²) in [6.07, 6.45) is 3.19. The first-order chi connectivity index (χ1) is 8.39. The number of nitrogens with zero attached hydrogens (tertiary/aromatic N) is 2. The van der Waals surface area contributed by atoms with Gasteiger partial charge in [0, 0.05) is 12.6 Å². The second-order valence-electron chi connectivity index (χ2n) is 5.56. The van der Waals surface area contributed by atoms with E-state index in [1.54, 1.807) is 11.8 Å². The molecule has 2 rings (SSSR count). The number of urea groups is 1. The number of carboxylic acid groups (broad SMARTS) is 1. The molecule has 0 aromatic heterocycles. The first kappa shape index (κ1) is 13.1. The number of amides is 2. The van der Waals surface area contributed by atoms with Crippen LogP contribution in [0, 0.1) is 0 Å². The lowest BCUT2D eigenvalue weighted by Crippen LogP contribution is -2.54. The van der Waals surface area contributed by atoms with Gasteiger partial charge in [0.15, 0.2) is 0 Å². The molecule has 6 nitrogen and oxygen atoms in total. The van der Waals surface area contributed by atoms with E-state index < -0.39 is 11.6 Å². The molecule has 0 aromatic carbocycles. The monoisotopic (exact) mass is 256 g/mol. The minimum atomic E-state index is -0.987. The summed E-state index contributed by atoms with van der Waals surface area (Å²) in [5, 5.41) is 18.8. The van der Waals surface area contributed by atoms with Gasteiger partial charge in [-0.05, 0) is 32.6 Å². The van der Waals surface area contributed by atoms with Crippen LogP contribution in [0.4, 0.5) is 4.79 Å². The number of carbonyl (C=O) groups excluding carboxylic acids is 1. The molecule has 1 aliphatic carbocycles. The van der Waals surface area contributed by atoms with Crippen LogP contribution in [0.1, 0.15) is 32.6 Å². The van der Waals surface area contributed by atoms with E-state index in [2.05, 4.69) is 0 Å². The largest absolute Gasteiger partial charge is 0.480 e. The summed E-state index contributed by atoms with van der Waals surface area (Å²) in [6, 6.07) is -0.180. The smallest absolute Gasteiger partial charge is 0.323 e. The SMILES string of the molecule is CC1(O)CCCN(C(=O)N(CC(=O)O)C2CC2)C1. The van der Waals surface area contributed by atoms with Crippen molar-refractivity contribution in [3.8, 4) is 0 Å². The first-order valence-electron chi connectivity index (χ1n) is 6.39. The van der Waals surface area contributed by atoms with Crippen LogP contribution >= 0.6 is 0 Å². The predicted octanol–water partition coefficient (Wildman–Crippen LogP) is 0.502. The van der Waals surface area contributed by atoms with E-state index in [9.17, 15) is 14.7 Å². The van der Waals surface area contributed by atoms with Gasteiger partial charge in [-0.1, -0.05) is 0 Å². The maximum absolute atomic E-state index is 12.3. The van der Waals surface area contributed by atoms with Crippen molar-refractivity contribution in [2.24, 2.45) is 0 Å². The Morgan fingerprint density at radius 2 is 2.11 bits per heavy atom. The summed E-state index contributed by atoms with van der Waals surface area (Å²) in [6.45, 7) is 2.35. The number of carboxylic acids is 1. The number of carbonyl (C=O) groups is 2. The van der Waals surface area contributed by atoms with Gasteiger partial charge in [-0.15, -0.1) is 0 Å². The topological polar surface area (TPSA) is 81.1 Å². The summed E-state index contributed by atoms with van der Waals surface area (Å²) in [5.41, 5.74) is -0.855. The normalized spacial score (nSPS) is 28.0. The fraction of sp³-hybridized carbons (Fsp3) is 0.833. The van der Waals surface area contributed by atoms with Crippen molar-refractivity contribution in [2.45, 2.75) is 44.2 Å². The van der Waals surface area contributed by atoms with Crippen molar-refractivity contribution in [3.05, 3.63) is 0 Å². The summed E-state index contributed by atoms with van der Waals surface area (Å²) in [7, 11) is 0. The highest BCUT2D eigenvalue weighted by Gasteiger charge is 2.39. The minimum Gasteiger partial charge on any atom is -0.480 e. The van der Waals surface area contributed by atoms with Gasteiger partial charge in [-0.25, -0.2) is 4.79 Å². The van der Waals surface area contributed by atoms with E-state index in [0.717, 1.165) is 19.3 Å². The molecule has 0 spiro atoms. The fourth-order valence-electron chi connectivity index (χ4n) is 2.45. The Morgan fingerprint density at radius 1 is 1.44 bits per heavy atom. The van der Waals surface area contributed by atoms with Crippen LogP contribution in [-0.4, -0.2) is 63.3 Å². The highest BCUT2D eigenvalue weighted by atomic mass is 16.4. The van der Waals surface area contributed by atoms with Gasteiger partial charge < -0.3 is 20.0 Å². The lowest BCUT2D eigenvalue weighted by atomic mass is 9.95. The molecule has 1 saturated heterocycles. The second-order valence-corrected chi connectivity index (χ2v) is 5.56. The zero-order chi connectivity index (χ0) is 13.3. The lowest BCUT2D eigenvalue weighted by Gasteiger charge is -2.39. The van der Waals surface area contributed by atoms with Gasteiger partial charge >= 0.3 is 12.0 Å². The van der Waals surface area contributed by atoms with Crippen molar-refractivity contribution in [3.63, 3.8) is 0 Å². The third-order valence-corrected chi connectivity index (χ3v) is 3.48. The Morgan fingerprint density at radius 3 is 2.61 bits per heavy atom. The molecule has 2 aliphatic rings. The molecule has 1 heterocycles. The maximum Gasteiger partial charge on any atom is 0.323 e. The number of likely N-dealkylation sites (tertiary alicyclic amines) is 1. The van der Waals surface area contributed by atoms with Gasteiger partial charge in [-0.3, -0.25) is 4.79 Å². The van der Waals surface area contributed by atoms with Crippen LogP contribution in [0.3, 0.4) is 0 Å². The van der Waals surface area contributed by atoms with Crippen LogP contribution in [-0.2, 0) is 4.79 Å². The summed E-state index contributed by atoms with van der Waals surface area (Å²) in [5.74, 6) is -0.987. The molecule has 0 aromatic rings. The molecule has 2 amide bonds. The van der Waals surface area contributed by atoms with E-state index in [4.69, 9.17) is 5.11 Å². The van der Waals surface area contributed by atoms with Gasteiger partial charge in [0.05, 0.1) is 12.1 Å². The third-order valence-electron chi connectivity index (χ3n) is 3.48. The average Bonchev–Trinajstić information content (AvgIpc) is 3.07. The first-order valence-corrected chi connectivity index (χ1v) is 6.39. The molecule has 1 atom stereocenters. The van der Waals surface area contributed by atoms with Crippen LogP contribution in [0.2, 0.25) is 0 Å². The lowest BCUT2D eigenvalue weighted by molar-refractivity contribution is -0.138. The van der Waals surface area contributed by atoms with Gasteiger partial charge in [0.25, 0.3) is 0 Å². The molecule has 1 unspecified atom stereocenters. The van der Waals surface area contributed by atoms with E-state index >= 15 is 0 Å². The number of hydrogen-bond donors (Lipinski definition) is 2. The van der Waals surface area contributed by atoms with Gasteiger partial charge in [0.2, 0.25) is 0 Å². The summed E-state index contributed by atoms with van der Waals surface area (Å²) < 4.78 is 0. The van der Waals surface area contributed by atoms with Crippen LogP contribution in [0.15, 0.2) is 0 Å². The molecule has 0 bridgehead atoms. The van der Waals surface area contributed by atoms with E-state index in [1.807, 2.05) is 0 Å². The highest BCUT2D eigenvalue weighted by Crippen LogP contribution is 2.29. The predicted molar refractivity (Wildman–Crippen MR) is 64.2 cm³/mol. The fourth-order valence-corrected chi connectivity index (χ4v) is 2.45. The number of β-amino-alcohol motifs (C(OH)–C–C–N with tert-alkyl or cyclic N) is 1. The molecule has 0 radical (unpaired) electrons. The molecule has 6 heteroatoms. The van der Waals surface area contributed by atoms with Gasteiger partial charge in [0.1, 0.15) is 6.54 Å². The summed E-state index contributed by atoms with van der Waals surface area (Å²) in [4.78, 5) is 26.1. The molecule has 102 valence electrons. The number of piperidine rings is 1. The van der Waals surface area contributed by atoms with Crippen LogP contribution in [0.5, 0.6) is 0 Å². The Bertz CT molecular complexity index is 352. The standard InChI is InChI=1S/C12H20N2O4/c1-12(18)5-2-6-13(8-12)11(17)14(7-10(15)16)9-3-4-9/h9,18H,2-8H2,1H3,(H,15,16). The number of hydrogen-bond acceptors (Lipinski definition) is 3. The van der Waals surface area contributed by atoms with Crippen molar-refractivity contribution in [1.29, 1.82) is 0 Å². The van der Waals surface area contributed by atoms with Crippen LogP contribution in [0.25, 0.3) is 0 Å². The quantitative estimate of drug-likeness (QED) is 0.770. The number of aliphatic carboxylic acids is 1. The molecule has 18 heavy (non-hydrogen) atoms. The molecule has 1 saturated carbocycles. The molecule has 2 N–H and O–H groups in total. The molecular formula is C12H20N2O4. The maximum atomic E-state index is 12.3. The number of rotatable bonds is 3. The van der Waals surface area contributed by atoms with Crippen LogP contribution < -0.4 is 0 Å². The second kappa shape index (κ2) is 4.76. The van der Waals surface area contributed by atoms with Crippen molar-refractivity contribution in [2.75, 3.05) is 19.6 Å². The van der Waals surface area contributed by atoms with Crippen molar-refractivity contribution < 1.29 is 19.8 Å². The van der Waals surface area contributed by atoms with Gasteiger partial charge in [-0.2, -0.15) is 0 Å². The number of aliphatic hydroxyl groups is 1. The Labute approximate surface area is 106 Å². The zero-order valence-electron chi connectivity index (χ0n) is 10.6. The average molecular weight is 256 g/mol. The van der Waals surface area contributed by atoms with E-state index in [-0.39, 0.29) is 25.2 Å². The zero-order valence-corrected chi connectivity index (χ0v) is 10.6. The minimum absolute atomic E-state index is 0.0699. The van der Waals surface area contributed by atoms with E-state index in [1.165, 1.54) is 4.90 Å². The third kappa shape index (κ3) is 3.13. The van der Waals surface area contributed by atoms with E-state index in [0.29, 0.717) is 13.0 Å². The Kier molecular flexibility index (Phi) is 3.47. The molecular weight excluding hydrogens is 236 g/mol. The summed E-state index contributed by atoms with van der Waals surface area (Å²) >= 11 is 0. The Hall–Kier alpha value is -1.30. The Balaban J connectivity index is 2.01.